The van der Waals surface area contributed by atoms with E-state index in [-0.39, 0.29) is 27.6 Å². The van der Waals surface area contributed by atoms with E-state index >= 15 is 0 Å². The first kappa shape index (κ1) is 29.0. The number of likely N-dealkylation sites (tertiary alicyclic amines) is 1. The van der Waals surface area contributed by atoms with Crippen LogP contribution in [-0.4, -0.2) is 62.0 Å². The number of carbonyl (C=O) groups is 1. The van der Waals surface area contributed by atoms with Gasteiger partial charge in [0.25, 0.3) is 11.1 Å². The molecule has 0 unspecified atom stereocenters. The van der Waals surface area contributed by atoms with Crippen molar-refractivity contribution in [3.8, 4) is 22.8 Å². The number of sulfone groups is 1. The zero-order valence-corrected chi connectivity index (χ0v) is 25.3. The lowest BCUT2D eigenvalue weighted by atomic mass is 10.0. The molecule has 1 fully saturated rings. The van der Waals surface area contributed by atoms with Crippen molar-refractivity contribution in [2.45, 2.75) is 28.9 Å². The van der Waals surface area contributed by atoms with Crippen LogP contribution in [0.3, 0.4) is 0 Å². The molecule has 0 saturated carbocycles. The van der Waals surface area contributed by atoms with E-state index in [2.05, 4.69) is 19.9 Å². The number of hydrogen-bond donors (Lipinski definition) is 1. The van der Waals surface area contributed by atoms with Gasteiger partial charge >= 0.3 is 0 Å². The molecule has 6 aromatic rings. The highest BCUT2D eigenvalue weighted by Crippen LogP contribution is 2.35. The Morgan fingerprint density at radius 1 is 0.848 bits per heavy atom. The zero-order chi connectivity index (χ0) is 31.7. The third kappa shape index (κ3) is 5.52. The van der Waals surface area contributed by atoms with Crippen molar-refractivity contribution < 1.29 is 17.9 Å². The van der Waals surface area contributed by atoms with E-state index in [1.54, 1.807) is 23.1 Å². The Kier molecular flexibility index (Phi) is 7.58. The predicted octanol–water partition coefficient (Wildman–Crippen LogP) is 4.97. The number of para-hydroxylation sites is 1. The van der Waals surface area contributed by atoms with Crippen molar-refractivity contribution >= 4 is 32.6 Å². The van der Waals surface area contributed by atoms with Crippen LogP contribution < -0.4 is 10.5 Å². The van der Waals surface area contributed by atoms with Gasteiger partial charge in [0.15, 0.2) is 5.65 Å². The van der Waals surface area contributed by atoms with E-state index in [4.69, 9.17) is 15.6 Å². The number of nitrogen functional groups attached to an aromatic ring is 1. The summed E-state index contributed by atoms with van der Waals surface area (Å²) < 4.78 is 33.5. The normalized spacial score (nSPS) is 15.1. The molecular formula is C33H28N8O4S. The topological polar surface area (TPSA) is 159 Å². The molecule has 13 heteroatoms. The summed E-state index contributed by atoms with van der Waals surface area (Å²) in [6.45, 7) is 0.873. The minimum atomic E-state index is -3.90. The highest BCUT2D eigenvalue weighted by Gasteiger charge is 2.30. The highest BCUT2D eigenvalue weighted by molar-refractivity contribution is 7.91. The highest BCUT2D eigenvalue weighted by atomic mass is 32.2. The number of amides is 1. The Morgan fingerprint density at radius 2 is 1.52 bits per heavy atom. The molecule has 0 aliphatic carbocycles. The third-order valence-electron chi connectivity index (χ3n) is 7.82. The second kappa shape index (κ2) is 12.0. The number of piperidine rings is 1. The first-order valence-electron chi connectivity index (χ1n) is 14.6. The maximum Gasteiger partial charge on any atom is 0.257 e. The fourth-order valence-corrected chi connectivity index (χ4v) is 6.66. The van der Waals surface area contributed by atoms with Crippen LogP contribution in [0.1, 0.15) is 29.2 Å². The molecule has 0 spiro atoms. The van der Waals surface area contributed by atoms with Crippen molar-refractivity contribution in [2.24, 2.45) is 0 Å². The SMILES string of the molecule is Nc1ncnc2c1c(-c1ccc(Oc3ccccc3)cc1)nn2[C@H]1CCCN(C(=O)c2cnc(S(=O)(=O)c3ccccc3)nc2)C1. The lowest BCUT2D eigenvalue weighted by molar-refractivity contribution is 0.0674. The first-order chi connectivity index (χ1) is 22.4. The third-order valence-corrected chi connectivity index (χ3v) is 9.41. The standard InChI is InChI=1S/C33H28N8O4S/c34-30-28-29(22-13-15-26(16-14-22)45-25-9-3-1-4-10-25)39-41(31(28)38-21-37-30)24-8-7-17-40(20-24)32(42)23-18-35-33(36-19-23)46(43,44)27-11-5-2-6-12-27/h1-6,9-16,18-19,21,24H,7-8,17,20H2,(H2,34,37,38)/t24-/m0/s1. The monoisotopic (exact) mass is 632 g/mol. The van der Waals surface area contributed by atoms with Crippen LogP contribution in [0, 0.1) is 0 Å². The van der Waals surface area contributed by atoms with Crippen molar-refractivity contribution in [1.82, 2.24) is 34.6 Å². The summed E-state index contributed by atoms with van der Waals surface area (Å²) in [6.07, 6.45) is 5.41. The van der Waals surface area contributed by atoms with E-state index < -0.39 is 9.84 Å². The molecule has 12 nitrogen and oxygen atoms in total. The van der Waals surface area contributed by atoms with Crippen LogP contribution in [0.15, 0.2) is 114 Å². The van der Waals surface area contributed by atoms with Crippen LogP contribution in [0.5, 0.6) is 11.5 Å². The average molecular weight is 633 g/mol. The molecule has 0 bridgehead atoms. The van der Waals surface area contributed by atoms with Gasteiger partial charge in [-0.1, -0.05) is 36.4 Å². The Labute approximate surface area is 264 Å². The van der Waals surface area contributed by atoms with E-state index in [0.29, 0.717) is 41.4 Å². The maximum atomic E-state index is 13.5. The largest absolute Gasteiger partial charge is 0.457 e. The van der Waals surface area contributed by atoms with Gasteiger partial charge in [0.2, 0.25) is 9.84 Å². The minimum absolute atomic E-state index is 0.0830. The summed E-state index contributed by atoms with van der Waals surface area (Å²) in [7, 11) is -3.90. The Morgan fingerprint density at radius 3 is 2.24 bits per heavy atom. The molecule has 3 aromatic carbocycles. The van der Waals surface area contributed by atoms with Gasteiger partial charge in [0.05, 0.1) is 21.9 Å². The second-order valence-corrected chi connectivity index (χ2v) is 12.7. The molecule has 4 heterocycles. The van der Waals surface area contributed by atoms with Crippen LogP contribution >= 0.6 is 0 Å². The number of fused-ring (bicyclic) bond motifs is 1. The maximum absolute atomic E-state index is 13.5. The van der Waals surface area contributed by atoms with Gasteiger partial charge in [-0.2, -0.15) is 5.10 Å². The summed E-state index contributed by atoms with van der Waals surface area (Å²) in [5, 5.41) is 5.22. The van der Waals surface area contributed by atoms with Crippen LogP contribution in [0.4, 0.5) is 5.82 Å². The number of hydrogen-bond acceptors (Lipinski definition) is 10. The molecule has 1 aliphatic rings. The molecule has 2 N–H and O–H groups in total. The predicted molar refractivity (Wildman–Crippen MR) is 170 cm³/mol. The van der Waals surface area contributed by atoms with Crippen LogP contribution in [-0.2, 0) is 9.84 Å². The Balaban J connectivity index is 1.13. The fourth-order valence-electron chi connectivity index (χ4n) is 5.55. The molecule has 230 valence electrons. The van der Waals surface area contributed by atoms with Crippen molar-refractivity contribution in [1.29, 1.82) is 0 Å². The molecule has 46 heavy (non-hydrogen) atoms. The van der Waals surface area contributed by atoms with Gasteiger partial charge in [0.1, 0.15) is 29.3 Å². The smallest absolute Gasteiger partial charge is 0.257 e. The number of benzene rings is 3. The second-order valence-electron chi connectivity index (χ2n) is 10.8. The molecule has 1 aliphatic heterocycles. The van der Waals surface area contributed by atoms with Gasteiger partial charge in [-0.3, -0.25) is 4.79 Å². The van der Waals surface area contributed by atoms with Crippen molar-refractivity contribution in [3.05, 3.63) is 109 Å². The number of carbonyl (C=O) groups excluding carboxylic acids is 1. The number of nitrogens with two attached hydrogens (primary N) is 1. The lowest BCUT2D eigenvalue weighted by Gasteiger charge is -2.33. The van der Waals surface area contributed by atoms with Crippen LogP contribution in [0.25, 0.3) is 22.3 Å². The average Bonchev–Trinajstić information content (AvgIpc) is 3.50. The van der Waals surface area contributed by atoms with Gasteiger partial charge in [-0.25, -0.2) is 33.0 Å². The molecule has 3 aromatic heterocycles. The number of ether oxygens (including phenoxy) is 1. The lowest BCUT2D eigenvalue weighted by Crippen LogP contribution is -2.41. The summed E-state index contributed by atoms with van der Waals surface area (Å²) in [5.41, 5.74) is 8.57. The molecular weight excluding hydrogens is 604 g/mol. The van der Waals surface area contributed by atoms with E-state index in [1.807, 2.05) is 59.3 Å². The number of anilines is 1. The van der Waals surface area contributed by atoms with Gasteiger partial charge < -0.3 is 15.4 Å². The summed E-state index contributed by atoms with van der Waals surface area (Å²) in [5.74, 6) is 1.42. The molecule has 1 saturated heterocycles. The number of aromatic nitrogens is 6. The molecule has 1 amide bonds. The zero-order valence-electron chi connectivity index (χ0n) is 24.5. The summed E-state index contributed by atoms with van der Waals surface area (Å²) in [4.78, 5) is 32.1. The van der Waals surface area contributed by atoms with E-state index in [9.17, 15) is 13.2 Å². The number of rotatable bonds is 7. The van der Waals surface area contributed by atoms with Crippen LogP contribution in [0.2, 0.25) is 0 Å². The van der Waals surface area contributed by atoms with Gasteiger partial charge in [-0.15, -0.1) is 0 Å². The van der Waals surface area contributed by atoms with Crippen molar-refractivity contribution in [3.63, 3.8) is 0 Å². The summed E-state index contributed by atoms with van der Waals surface area (Å²) in [6, 6.07) is 24.8. The first-order valence-corrected chi connectivity index (χ1v) is 16.1. The fraction of sp³-hybridized carbons (Fsp3) is 0.152. The quantitative estimate of drug-likeness (QED) is 0.238. The van der Waals surface area contributed by atoms with E-state index in [1.165, 1.54) is 30.9 Å². The number of nitrogens with zero attached hydrogens (tertiary/aromatic N) is 7. The summed E-state index contributed by atoms with van der Waals surface area (Å²) >= 11 is 0. The van der Waals surface area contributed by atoms with Crippen molar-refractivity contribution in [2.75, 3.05) is 18.8 Å². The van der Waals surface area contributed by atoms with Gasteiger partial charge in [-0.05, 0) is 61.4 Å². The van der Waals surface area contributed by atoms with Gasteiger partial charge in [0, 0.05) is 31.0 Å². The Hall–Kier alpha value is -5.69. The molecule has 7 rings (SSSR count). The van der Waals surface area contributed by atoms with E-state index in [0.717, 1.165) is 24.2 Å². The Bertz CT molecular complexity index is 2120. The molecule has 1 atom stereocenters. The molecule has 0 radical (unpaired) electrons. The minimum Gasteiger partial charge on any atom is -0.457 e.